The predicted molar refractivity (Wildman–Crippen MR) is 104 cm³/mol. The minimum absolute atomic E-state index is 0.0611. The standard InChI is InChI=1S/C17H29N3O12/c21-14-30-15(13-16(22)28-9-3-5-11-31-19(24)25)7-1-2-8-18-17(23)29-10-4-6-12-32-20(26)27/h14-15H,1-13H2,(H,18,23). The molecule has 0 saturated heterocycles. The number of carbonyl (C=O) groups excluding carboxylic acids is 3. The lowest BCUT2D eigenvalue weighted by Crippen LogP contribution is -2.26. The Morgan fingerprint density at radius 2 is 1.41 bits per heavy atom. The van der Waals surface area contributed by atoms with Gasteiger partial charge in [0.05, 0.1) is 32.8 Å². The monoisotopic (exact) mass is 467 g/mol. The molecule has 0 rings (SSSR count). The van der Waals surface area contributed by atoms with E-state index in [1.54, 1.807) is 0 Å². The molecule has 0 spiro atoms. The molecule has 0 aliphatic rings. The van der Waals surface area contributed by atoms with Gasteiger partial charge in [-0.05, 0) is 44.9 Å². The van der Waals surface area contributed by atoms with Gasteiger partial charge in [-0.15, -0.1) is 20.2 Å². The van der Waals surface area contributed by atoms with E-state index in [1.807, 2.05) is 0 Å². The van der Waals surface area contributed by atoms with Crippen molar-refractivity contribution in [1.82, 2.24) is 5.32 Å². The van der Waals surface area contributed by atoms with Crippen molar-refractivity contribution in [2.24, 2.45) is 0 Å². The summed E-state index contributed by atoms with van der Waals surface area (Å²) in [6.07, 6.45) is 1.65. The Hall–Kier alpha value is -3.39. The molecule has 0 fully saturated rings. The highest BCUT2D eigenvalue weighted by atomic mass is 17.0. The van der Waals surface area contributed by atoms with E-state index in [9.17, 15) is 34.6 Å². The van der Waals surface area contributed by atoms with Crippen molar-refractivity contribution in [1.29, 1.82) is 0 Å². The first-order valence-corrected chi connectivity index (χ1v) is 10.0. The molecule has 0 aliphatic carbocycles. The van der Waals surface area contributed by atoms with E-state index in [1.165, 1.54) is 0 Å². The van der Waals surface area contributed by atoms with Gasteiger partial charge in [0.1, 0.15) is 6.10 Å². The number of amides is 1. The zero-order valence-corrected chi connectivity index (χ0v) is 17.6. The van der Waals surface area contributed by atoms with Gasteiger partial charge in [0.15, 0.2) is 0 Å². The fourth-order valence-electron chi connectivity index (χ4n) is 2.32. The Morgan fingerprint density at radius 3 is 1.97 bits per heavy atom. The Bertz CT molecular complexity index is 575. The van der Waals surface area contributed by atoms with Crippen LogP contribution >= 0.6 is 0 Å². The normalized spacial score (nSPS) is 11.0. The van der Waals surface area contributed by atoms with E-state index in [4.69, 9.17) is 14.2 Å². The molecule has 0 aromatic heterocycles. The summed E-state index contributed by atoms with van der Waals surface area (Å²) in [5.74, 6) is -0.558. The maximum Gasteiger partial charge on any atom is 0.407 e. The van der Waals surface area contributed by atoms with Crippen LogP contribution in [0.5, 0.6) is 0 Å². The fourth-order valence-corrected chi connectivity index (χ4v) is 2.32. The van der Waals surface area contributed by atoms with E-state index < -0.39 is 28.3 Å². The molecule has 1 unspecified atom stereocenters. The van der Waals surface area contributed by atoms with Gasteiger partial charge in [0.25, 0.3) is 16.6 Å². The molecule has 0 aromatic carbocycles. The highest BCUT2D eigenvalue weighted by Gasteiger charge is 2.16. The van der Waals surface area contributed by atoms with E-state index in [0.29, 0.717) is 51.5 Å². The van der Waals surface area contributed by atoms with Crippen molar-refractivity contribution >= 4 is 18.5 Å². The van der Waals surface area contributed by atoms with Gasteiger partial charge in [-0.1, -0.05) is 0 Å². The summed E-state index contributed by atoms with van der Waals surface area (Å²) < 4.78 is 14.7. The van der Waals surface area contributed by atoms with Gasteiger partial charge in [0.2, 0.25) is 0 Å². The average Bonchev–Trinajstić information content (AvgIpc) is 2.72. The highest BCUT2D eigenvalue weighted by Crippen LogP contribution is 2.09. The molecule has 15 nitrogen and oxygen atoms in total. The minimum atomic E-state index is -0.896. The topological polar surface area (TPSA) is 196 Å². The van der Waals surface area contributed by atoms with Crippen LogP contribution in [0.2, 0.25) is 0 Å². The number of carbonyl (C=O) groups is 3. The third-order valence-corrected chi connectivity index (χ3v) is 3.83. The van der Waals surface area contributed by atoms with E-state index in [0.717, 1.165) is 0 Å². The molecule has 0 aliphatic heterocycles. The molecule has 0 bridgehead atoms. The number of hydrogen-bond donors (Lipinski definition) is 1. The molecule has 0 aromatic rings. The number of ether oxygens (including phenoxy) is 3. The van der Waals surface area contributed by atoms with Crippen LogP contribution in [0.4, 0.5) is 4.79 Å². The number of nitrogens with zero attached hydrogens (tertiary/aromatic N) is 2. The molecule has 0 heterocycles. The Kier molecular flexibility index (Phi) is 17.5. The van der Waals surface area contributed by atoms with Crippen LogP contribution < -0.4 is 5.32 Å². The fraction of sp³-hybridized carbons (Fsp3) is 0.824. The summed E-state index contributed by atoms with van der Waals surface area (Å²) in [6, 6.07) is 0. The molecular formula is C17H29N3O12. The maximum absolute atomic E-state index is 11.8. The lowest BCUT2D eigenvalue weighted by Gasteiger charge is -2.14. The zero-order valence-electron chi connectivity index (χ0n) is 17.6. The van der Waals surface area contributed by atoms with Gasteiger partial charge < -0.3 is 29.2 Å². The van der Waals surface area contributed by atoms with Crippen molar-refractivity contribution < 1.29 is 48.4 Å². The first-order valence-electron chi connectivity index (χ1n) is 10.0. The maximum atomic E-state index is 11.8. The number of unbranched alkanes of at least 4 members (excludes halogenated alkanes) is 3. The number of rotatable bonds is 21. The summed E-state index contributed by atoms with van der Waals surface area (Å²) >= 11 is 0. The third kappa shape index (κ3) is 19.9. The number of esters is 1. The van der Waals surface area contributed by atoms with Crippen LogP contribution in [0.3, 0.4) is 0 Å². The molecule has 1 N–H and O–H groups in total. The van der Waals surface area contributed by atoms with Crippen LogP contribution in [0.25, 0.3) is 0 Å². The molecule has 15 heteroatoms. The van der Waals surface area contributed by atoms with Crippen molar-refractivity contribution in [3.05, 3.63) is 20.2 Å². The van der Waals surface area contributed by atoms with Gasteiger partial charge in [-0.25, -0.2) is 4.79 Å². The van der Waals surface area contributed by atoms with Crippen molar-refractivity contribution in [3.63, 3.8) is 0 Å². The first-order chi connectivity index (χ1) is 15.3. The van der Waals surface area contributed by atoms with Crippen LogP contribution in [0.15, 0.2) is 0 Å². The van der Waals surface area contributed by atoms with Crippen LogP contribution in [-0.4, -0.2) is 67.8 Å². The molecule has 1 amide bonds. The summed E-state index contributed by atoms with van der Waals surface area (Å²) in [5, 5.41) is 20.7. The van der Waals surface area contributed by atoms with Gasteiger partial charge in [-0.3, -0.25) is 9.59 Å². The summed E-state index contributed by atoms with van der Waals surface area (Å²) in [7, 11) is 0. The van der Waals surface area contributed by atoms with Crippen molar-refractivity contribution in [2.45, 2.75) is 57.5 Å². The van der Waals surface area contributed by atoms with Crippen LogP contribution in [-0.2, 0) is 33.5 Å². The van der Waals surface area contributed by atoms with Gasteiger partial charge >= 0.3 is 12.1 Å². The predicted octanol–water partition coefficient (Wildman–Crippen LogP) is 1.33. The zero-order chi connectivity index (χ0) is 24.0. The molecular weight excluding hydrogens is 438 g/mol. The van der Waals surface area contributed by atoms with E-state index in [-0.39, 0.29) is 39.3 Å². The molecule has 0 radical (unpaired) electrons. The van der Waals surface area contributed by atoms with Crippen molar-refractivity contribution in [2.75, 3.05) is 33.0 Å². The Labute approximate surface area is 183 Å². The quantitative estimate of drug-likeness (QED) is 0.0636. The summed E-state index contributed by atoms with van der Waals surface area (Å²) in [5.41, 5.74) is 0. The number of hydrogen-bond acceptors (Lipinski definition) is 12. The highest BCUT2D eigenvalue weighted by molar-refractivity contribution is 5.70. The van der Waals surface area contributed by atoms with Gasteiger partial charge in [-0.2, -0.15) is 0 Å². The average molecular weight is 467 g/mol. The number of nitrogens with one attached hydrogen (secondary N) is 1. The second-order valence-electron chi connectivity index (χ2n) is 6.37. The second kappa shape index (κ2) is 19.6. The van der Waals surface area contributed by atoms with E-state index in [2.05, 4.69) is 15.0 Å². The minimum Gasteiger partial charge on any atom is -0.466 e. The number of alkyl carbamates (subject to hydrolysis) is 1. The van der Waals surface area contributed by atoms with Gasteiger partial charge in [0, 0.05) is 6.54 Å². The first kappa shape index (κ1) is 28.6. The molecule has 0 saturated carbocycles. The summed E-state index contributed by atoms with van der Waals surface area (Å²) in [6.45, 7) is 0.596. The van der Waals surface area contributed by atoms with Crippen LogP contribution in [0.1, 0.15) is 51.4 Å². The SMILES string of the molecule is O=COC(CCCCNC(=O)OCCCCO[N+](=O)[O-])CC(=O)OCCCCO[N+](=O)[O-]. The summed E-state index contributed by atoms with van der Waals surface area (Å²) in [4.78, 5) is 62.0. The lowest BCUT2D eigenvalue weighted by atomic mass is 10.1. The van der Waals surface area contributed by atoms with E-state index >= 15 is 0 Å². The van der Waals surface area contributed by atoms with Crippen molar-refractivity contribution in [3.8, 4) is 0 Å². The third-order valence-electron chi connectivity index (χ3n) is 3.83. The lowest BCUT2D eigenvalue weighted by molar-refractivity contribution is -0.757. The Balaban J connectivity index is 3.77. The second-order valence-corrected chi connectivity index (χ2v) is 6.37. The largest absolute Gasteiger partial charge is 0.466 e. The molecule has 32 heavy (non-hydrogen) atoms. The molecule has 184 valence electrons. The van der Waals surface area contributed by atoms with Crippen LogP contribution in [0, 0.1) is 20.2 Å². The smallest absolute Gasteiger partial charge is 0.407 e. The Morgan fingerprint density at radius 1 is 0.844 bits per heavy atom. The molecule has 1 atom stereocenters.